The highest BCUT2D eigenvalue weighted by atomic mass is 16.4. The highest BCUT2D eigenvalue weighted by Gasteiger charge is 2.07. The molecule has 13 heavy (non-hydrogen) atoms. The predicted molar refractivity (Wildman–Crippen MR) is 50.0 cm³/mol. The van der Waals surface area contributed by atoms with Gasteiger partial charge in [-0.2, -0.15) is 0 Å². The molecule has 0 bridgehead atoms. The average molecular weight is 179 g/mol. The Hall–Kier alpha value is -1.38. The van der Waals surface area contributed by atoms with Gasteiger partial charge in [-0.15, -0.1) is 0 Å². The van der Waals surface area contributed by atoms with Crippen LogP contribution >= 0.6 is 0 Å². The number of hydrogen-bond donors (Lipinski definition) is 1. The van der Waals surface area contributed by atoms with E-state index in [1.807, 2.05) is 19.9 Å². The number of carbonyl (C=O) groups is 1. The first-order valence-electron chi connectivity index (χ1n) is 4.41. The highest BCUT2D eigenvalue weighted by Crippen LogP contribution is 2.09. The maximum atomic E-state index is 10.6. The first kappa shape index (κ1) is 9.71. The Kier molecular flexibility index (Phi) is 3.01. The van der Waals surface area contributed by atoms with Crippen LogP contribution in [0.3, 0.4) is 0 Å². The van der Waals surface area contributed by atoms with Crippen molar-refractivity contribution in [3.05, 3.63) is 29.1 Å². The summed E-state index contributed by atoms with van der Waals surface area (Å²) >= 11 is 0. The van der Waals surface area contributed by atoms with Gasteiger partial charge in [-0.3, -0.25) is 0 Å². The normalized spacial score (nSPS) is 10.0. The van der Waals surface area contributed by atoms with Gasteiger partial charge in [0.1, 0.15) is 5.69 Å². The van der Waals surface area contributed by atoms with E-state index < -0.39 is 5.97 Å². The number of aromatic carboxylic acids is 1. The van der Waals surface area contributed by atoms with Gasteiger partial charge in [0.25, 0.3) is 0 Å². The Bertz CT molecular complexity index is 321. The van der Waals surface area contributed by atoms with Crippen LogP contribution in [0.1, 0.15) is 35.6 Å². The summed E-state index contributed by atoms with van der Waals surface area (Å²) < 4.78 is 0. The van der Waals surface area contributed by atoms with Crippen molar-refractivity contribution in [2.45, 2.75) is 26.7 Å². The summed E-state index contributed by atoms with van der Waals surface area (Å²) in [5, 5.41) is 8.71. The molecule has 0 aromatic carbocycles. The van der Waals surface area contributed by atoms with Crippen molar-refractivity contribution >= 4 is 5.97 Å². The summed E-state index contributed by atoms with van der Waals surface area (Å²) in [6, 6.07) is 3.40. The molecule has 1 aromatic rings. The molecule has 0 aliphatic carbocycles. The molecule has 3 nitrogen and oxygen atoms in total. The van der Waals surface area contributed by atoms with Crippen molar-refractivity contribution in [1.82, 2.24) is 4.98 Å². The van der Waals surface area contributed by atoms with Crippen molar-refractivity contribution in [2.24, 2.45) is 0 Å². The Morgan fingerprint density at radius 1 is 1.38 bits per heavy atom. The molecule has 0 aliphatic rings. The van der Waals surface area contributed by atoms with Crippen molar-refractivity contribution in [1.29, 1.82) is 0 Å². The molecule has 0 fully saturated rings. The van der Waals surface area contributed by atoms with E-state index in [9.17, 15) is 4.79 Å². The van der Waals surface area contributed by atoms with Gasteiger partial charge in [0.2, 0.25) is 0 Å². The average Bonchev–Trinajstić information content (AvgIpc) is 2.16. The van der Waals surface area contributed by atoms with Crippen molar-refractivity contribution < 1.29 is 9.90 Å². The van der Waals surface area contributed by atoms with E-state index in [2.05, 4.69) is 4.98 Å². The zero-order valence-electron chi connectivity index (χ0n) is 7.87. The molecule has 70 valence electrons. The van der Waals surface area contributed by atoms with Crippen LogP contribution in [-0.2, 0) is 12.8 Å². The Labute approximate surface area is 77.4 Å². The Morgan fingerprint density at radius 3 is 2.54 bits per heavy atom. The maximum absolute atomic E-state index is 10.6. The zero-order valence-corrected chi connectivity index (χ0v) is 7.87. The molecule has 1 N–H and O–H groups in total. The molecule has 0 unspecified atom stereocenters. The third-order valence-electron chi connectivity index (χ3n) is 2.00. The number of hydrogen-bond acceptors (Lipinski definition) is 2. The molecule has 0 saturated carbocycles. The first-order chi connectivity index (χ1) is 6.19. The standard InChI is InChI=1S/C10H13NO2/c1-3-7-5-6-9(10(12)13)11-8(7)4-2/h5-6H,3-4H2,1-2H3,(H,12,13). The second-order valence-electron chi connectivity index (χ2n) is 2.81. The number of rotatable bonds is 3. The van der Waals surface area contributed by atoms with E-state index in [1.54, 1.807) is 6.07 Å². The van der Waals surface area contributed by atoms with Gasteiger partial charge in [-0.05, 0) is 24.5 Å². The maximum Gasteiger partial charge on any atom is 0.354 e. The van der Waals surface area contributed by atoms with Crippen LogP contribution in [0.15, 0.2) is 12.1 Å². The van der Waals surface area contributed by atoms with Crippen LogP contribution < -0.4 is 0 Å². The van der Waals surface area contributed by atoms with Gasteiger partial charge in [-0.1, -0.05) is 19.9 Å². The van der Waals surface area contributed by atoms with Gasteiger partial charge in [-0.25, -0.2) is 9.78 Å². The molecule has 3 heteroatoms. The van der Waals surface area contributed by atoms with Crippen LogP contribution in [0.2, 0.25) is 0 Å². The quantitative estimate of drug-likeness (QED) is 0.771. The second-order valence-corrected chi connectivity index (χ2v) is 2.81. The fourth-order valence-electron chi connectivity index (χ4n) is 1.28. The van der Waals surface area contributed by atoms with Crippen molar-refractivity contribution in [3.63, 3.8) is 0 Å². The molecule has 1 rings (SSSR count). The van der Waals surface area contributed by atoms with E-state index in [1.165, 1.54) is 0 Å². The minimum absolute atomic E-state index is 0.133. The van der Waals surface area contributed by atoms with Crippen LogP contribution in [0.4, 0.5) is 0 Å². The lowest BCUT2D eigenvalue weighted by Crippen LogP contribution is -2.04. The van der Waals surface area contributed by atoms with Crippen LogP contribution in [0.25, 0.3) is 0 Å². The molecule has 0 spiro atoms. The summed E-state index contributed by atoms with van der Waals surface area (Å²) in [6.07, 6.45) is 1.68. The van der Waals surface area contributed by atoms with Crippen LogP contribution in [-0.4, -0.2) is 16.1 Å². The topological polar surface area (TPSA) is 50.2 Å². The number of carboxylic acids is 1. The van der Waals surface area contributed by atoms with Crippen molar-refractivity contribution in [2.75, 3.05) is 0 Å². The summed E-state index contributed by atoms with van der Waals surface area (Å²) in [4.78, 5) is 14.7. The number of aryl methyl sites for hydroxylation is 2. The van der Waals surface area contributed by atoms with Gasteiger partial charge in [0.15, 0.2) is 0 Å². The lowest BCUT2D eigenvalue weighted by molar-refractivity contribution is 0.0690. The molecular formula is C10H13NO2. The monoisotopic (exact) mass is 179 g/mol. The van der Waals surface area contributed by atoms with Gasteiger partial charge < -0.3 is 5.11 Å². The minimum Gasteiger partial charge on any atom is -0.477 e. The van der Waals surface area contributed by atoms with Crippen molar-refractivity contribution in [3.8, 4) is 0 Å². The molecule has 0 aliphatic heterocycles. The van der Waals surface area contributed by atoms with E-state index in [0.29, 0.717) is 0 Å². The molecule has 0 saturated heterocycles. The molecule has 1 aromatic heterocycles. The SMILES string of the molecule is CCc1ccc(C(=O)O)nc1CC. The summed E-state index contributed by atoms with van der Waals surface area (Å²) in [7, 11) is 0. The fourth-order valence-corrected chi connectivity index (χ4v) is 1.28. The summed E-state index contributed by atoms with van der Waals surface area (Å²) in [5.41, 5.74) is 2.16. The largest absolute Gasteiger partial charge is 0.477 e. The molecule has 0 amide bonds. The smallest absolute Gasteiger partial charge is 0.354 e. The molecule has 1 heterocycles. The lowest BCUT2D eigenvalue weighted by Gasteiger charge is -2.04. The number of nitrogens with zero attached hydrogens (tertiary/aromatic N) is 1. The predicted octanol–water partition coefficient (Wildman–Crippen LogP) is 1.90. The summed E-state index contributed by atoms with van der Waals surface area (Å²) in [6.45, 7) is 4.02. The molecular weight excluding hydrogens is 166 g/mol. The second kappa shape index (κ2) is 4.03. The summed E-state index contributed by atoms with van der Waals surface area (Å²) in [5.74, 6) is -0.961. The number of aromatic nitrogens is 1. The number of pyridine rings is 1. The van der Waals surface area contributed by atoms with Gasteiger partial charge in [0, 0.05) is 5.69 Å². The Balaban J connectivity index is 3.13. The van der Waals surface area contributed by atoms with E-state index in [4.69, 9.17) is 5.11 Å². The fraction of sp³-hybridized carbons (Fsp3) is 0.400. The first-order valence-corrected chi connectivity index (χ1v) is 4.41. The third kappa shape index (κ3) is 2.05. The van der Waals surface area contributed by atoms with Gasteiger partial charge >= 0.3 is 5.97 Å². The minimum atomic E-state index is -0.961. The van der Waals surface area contributed by atoms with Gasteiger partial charge in [0.05, 0.1) is 0 Å². The highest BCUT2D eigenvalue weighted by molar-refractivity contribution is 5.85. The Morgan fingerprint density at radius 2 is 2.08 bits per heavy atom. The zero-order chi connectivity index (χ0) is 9.84. The third-order valence-corrected chi connectivity index (χ3v) is 2.00. The molecule has 0 radical (unpaired) electrons. The van der Waals surface area contributed by atoms with E-state index >= 15 is 0 Å². The van der Waals surface area contributed by atoms with E-state index in [0.717, 1.165) is 24.1 Å². The van der Waals surface area contributed by atoms with Crippen LogP contribution in [0.5, 0.6) is 0 Å². The van der Waals surface area contributed by atoms with Crippen LogP contribution in [0, 0.1) is 0 Å². The molecule has 0 atom stereocenters. The number of carboxylic acid groups (broad SMARTS) is 1. The van der Waals surface area contributed by atoms with E-state index in [-0.39, 0.29) is 5.69 Å². The lowest BCUT2D eigenvalue weighted by atomic mass is 10.1.